The van der Waals surface area contributed by atoms with Crippen molar-refractivity contribution >= 4 is 33.3 Å². The maximum absolute atomic E-state index is 12.2. The molecule has 0 aliphatic carbocycles. The van der Waals surface area contributed by atoms with Crippen molar-refractivity contribution in [2.45, 2.75) is 26.1 Å². The van der Waals surface area contributed by atoms with Crippen molar-refractivity contribution in [2.75, 3.05) is 7.11 Å². The van der Waals surface area contributed by atoms with E-state index in [1.54, 1.807) is 14.0 Å². The minimum atomic E-state index is -0.529. The average molecular weight is 371 g/mol. The van der Waals surface area contributed by atoms with Gasteiger partial charge < -0.3 is 9.30 Å². The first-order chi connectivity index (χ1) is 9.86. The number of halogens is 2. The quantitative estimate of drug-likeness (QED) is 0.578. The van der Waals surface area contributed by atoms with Crippen LogP contribution >= 0.6 is 27.5 Å². The zero-order valence-corrected chi connectivity index (χ0v) is 14.7. The summed E-state index contributed by atoms with van der Waals surface area (Å²) in [5.41, 5.74) is 3.48. The molecule has 0 amide bonds. The number of Topliss-reactive ketones (excluding diaryl/α,β-unsaturated/α-hetero) is 1. The fourth-order valence-corrected chi connectivity index (χ4v) is 2.94. The van der Waals surface area contributed by atoms with Crippen LogP contribution in [0.5, 0.6) is 5.75 Å². The highest BCUT2D eigenvalue weighted by Crippen LogP contribution is 2.30. The first-order valence-electron chi connectivity index (χ1n) is 6.58. The lowest BCUT2D eigenvalue weighted by Crippen LogP contribution is -2.11. The Morgan fingerprint density at radius 3 is 2.57 bits per heavy atom. The van der Waals surface area contributed by atoms with Gasteiger partial charge in [-0.3, -0.25) is 4.79 Å². The van der Waals surface area contributed by atoms with Gasteiger partial charge in [0.05, 0.1) is 17.0 Å². The predicted molar refractivity (Wildman–Crippen MR) is 89.1 cm³/mol. The van der Waals surface area contributed by atoms with Gasteiger partial charge in [0.15, 0.2) is 5.78 Å². The second kappa shape index (κ2) is 6.24. The predicted octanol–water partition coefficient (Wildman–Crippen LogP) is 4.68. The van der Waals surface area contributed by atoms with Crippen molar-refractivity contribution in [3.8, 4) is 11.4 Å². The third-order valence-corrected chi connectivity index (χ3v) is 4.30. The van der Waals surface area contributed by atoms with Crippen LogP contribution in [0, 0.1) is 13.8 Å². The Labute approximate surface area is 138 Å². The Bertz CT molecular complexity index is 692. The number of carbonyl (C=O) groups excluding carboxylic acids is 1. The molecular weight excluding hydrogens is 354 g/mol. The number of ketones is 1. The lowest BCUT2D eigenvalue weighted by Gasteiger charge is -2.12. The number of methoxy groups -OCH3 is 1. The standard InChI is InChI=1S/C16H17BrClNO2/c1-9-7-13(16(20)10(2)18)11(3)19(9)12-5-6-14(17)15(8-12)21-4/h5-8,10H,1-4H3. The number of aromatic nitrogens is 1. The molecule has 3 nitrogen and oxygen atoms in total. The van der Waals surface area contributed by atoms with Crippen molar-refractivity contribution in [2.24, 2.45) is 0 Å². The van der Waals surface area contributed by atoms with Gasteiger partial charge in [0, 0.05) is 28.7 Å². The highest BCUT2D eigenvalue weighted by molar-refractivity contribution is 9.10. The summed E-state index contributed by atoms with van der Waals surface area (Å²) in [6, 6.07) is 7.72. The Hall–Kier alpha value is -1.26. The van der Waals surface area contributed by atoms with Gasteiger partial charge in [-0.15, -0.1) is 11.6 Å². The normalized spacial score (nSPS) is 12.3. The first-order valence-corrected chi connectivity index (χ1v) is 7.81. The van der Waals surface area contributed by atoms with E-state index in [1.807, 2.05) is 42.7 Å². The van der Waals surface area contributed by atoms with Gasteiger partial charge in [0.2, 0.25) is 0 Å². The number of aryl methyl sites for hydroxylation is 1. The molecule has 21 heavy (non-hydrogen) atoms. The molecule has 0 N–H and O–H groups in total. The maximum Gasteiger partial charge on any atom is 0.182 e. The van der Waals surface area contributed by atoms with Gasteiger partial charge in [0.1, 0.15) is 5.75 Å². The zero-order valence-electron chi connectivity index (χ0n) is 12.4. The third-order valence-electron chi connectivity index (χ3n) is 3.45. The largest absolute Gasteiger partial charge is 0.495 e. The number of ether oxygens (including phenoxy) is 1. The third kappa shape index (κ3) is 3.01. The lowest BCUT2D eigenvalue weighted by molar-refractivity contribution is 0.0991. The van der Waals surface area contributed by atoms with Gasteiger partial charge in [-0.2, -0.15) is 0 Å². The molecule has 2 aromatic rings. The van der Waals surface area contributed by atoms with Gasteiger partial charge in [-0.1, -0.05) is 0 Å². The van der Waals surface area contributed by atoms with Gasteiger partial charge in [-0.25, -0.2) is 0 Å². The molecule has 5 heteroatoms. The summed E-state index contributed by atoms with van der Waals surface area (Å²) in [7, 11) is 1.63. The second-order valence-corrected chi connectivity index (χ2v) is 6.43. The van der Waals surface area contributed by atoms with E-state index >= 15 is 0 Å². The number of rotatable bonds is 4. The Balaban J connectivity index is 2.57. The van der Waals surface area contributed by atoms with Crippen LogP contribution in [0.2, 0.25) is 0 Å². The van der Waals surface area contributed by atoms with Crippen LogP contribution in [0.3, 0.4) is 0 Å². The molecule has 112 valence electrons. The topological polar surface area (TPSA) is 31.2 Å². The molecule has 0 spiro atoms. The molecule has 0 fully saturated rings. The molecule has 0 bridgehead atoms. The van der Waals surface area contributed by atoms with E-state index < -0.39 is 5.38 Å². The highest BCUT2D eigenvalue weighted by atomic mass is 79.9. The summed E-state index contributed by atoms with van der Waals surface area (Å²) in [6.45, 7) is 5.59. The van der Waals surface area contributed by atoms with Crippen molar-refractivity contribution < 1.29 is 9.53 Å². The molecule has 0 saturated heterocycles. The molecular formula is C16H17BrClNO2. The minimum absolute atomic E-state index is 0.0555. The monoisotopic (exact) mass is 369 g/mol. The lowest BCUT2D eigenvalue weighted by atomic mass is 10.1. The SMILES string of the molecule is COc1cc(-n2c(C)cc(C(=O)C(C)Cl)c2C)ccc1Br. The molecule has 2 rings (SSSR count). The van der Waals surface area contributed by atoms with E-state index in [2.05, 4.69) is 15.9 Å². The summed E-state index contributed by atoms with van der Waals surface area (Å²) < 4.78 is 8.25. The van der Waals surface area contributed by atoms with Crippen LogP contribution in [0.25, 0.3) is 5.69 Å². The zero-order chi connectivity index (χ0) is 15.7. The van der Waals surface area contributed by atoms with Crippen LogP contribution in [0.4, 0.5) is 0 Å². The molecule has 1 aromatic heterocycles. The minimum Gasteiger partial charge on any atom is -0.495 e. The smallest absolute Gasteiger partial charge is 0.182 e. The van der Waals surface area contributed by atoms with Crippen LogP contribution in [0.15, 0.2) is 28.7 Å². The van der Waals surface area contributed by atoms with E-state index in [4.69, 9.17) is 16.3 Å². The van der Waals surface area contributed by atoms with Gasteiger partial charge >= 0.3 is 0 Å². The van der Waals surface area contributed by atoms with E-state index in [-0.39, 0.29) is 5.78 Å². The Morgan fingerprint density at radius 1 is 1.33 bits per heavy atom. The van der Waals surface area contributed by atoms with Gasteiger partial charge in [-0.05, 0) is 54.9 Å². The number of benzene rings is 1. The summed E-state index contributed by atoms with van der Waals surface area (Å²) in [5.74, 6) is 0.693. The number of hydrogen-bond donors (Lipinski definition) is 0. The van der Waals surface area contributed by atoms with E-state index in [9.17, 15) is 4.79 Å². The fraction of sp³-hybridized carbons (Fsp3) is 0.312. The average Bonchev–Trinajstić information content (AvgIpc) is 2.74. The molecule has 1 aromatic carbocycles. The number of carbonyl (C=O) groups is 1. The van der Waals surface area contributed by atoms with Crippen LogP contribution in [0.1, 0.15) is 28.7 Å². The molecule has 1 atom stereocenters. The number of alkyl halides is 1. The Morgan fingerprint density at radius 2 is 2.00 bits per heavy atom. The summed E-state index contributed by atoms with van der Waals surface area (Å²) in [4.78, 5) is 12.2. The van der Waals surface area contributed by atoms with Crippen molar-refractivity contribution in [3.05, 3.63) is 45.7 Å². The molecule has 0 saturated carbocycles. The van der Waals surface area contributed by atoms with E-state index in [1.165, 1.54) is 0 Å². The summed E-state index contributed by atoms with van der Waals surface area (Å²) in [5, 5.41) is -0.529. The molecule has 1 heterocycles. The second-order valence-electron chi connectivity index (χ2n) is 4.92. The fourth-order valence-electron chi connectivity index (χ4n) is 2.41. The molecule has 0 aliphatic heterocycles. The maximum atomic E-state index is 12.2. The summed E-state index contributed by atoms with van der Waals surface area (Å²) >= 11 is 9.37. The van der Waals surface area contributed by atoms with E-state index in [0.29, 0.717) is 5.56 Å². The molecule has 0 aliphatic rings. The summed E-state index contributed by atoms with van der Waals surface area (Å²) in [6.07, 6.45) is 0. The van der Waals surface area contributed by atoms with Gasteiger partial charge in [0.25, 0.3) is 0 Å². The molecule has 0 radical (unpaired) electrons. The number of nitrogens with zero attached hydrogens (tertiary/aromatic N) is 1. The van der Waals surface area contributed by atoms with Crippen molar-refractivity contribution in [1.82, 2.24) is 4.57 Å². The highest BCUT2D eigenvalue weighted by Gasteiger charge is 2.20. The number of hydrogen-bond acceptors (Lipinski definition) is 2. The van der Waals surface area contributed by atoms with E-state index in [0.717, 1.165) is 27.3 Å². The Kier molecular flexibility index (Phi) is 4.79. The van der Waals surface area contributed by atoms with Crippen LogP contribution < -0.4 is 4.74 Å². The van der Waals surface area contributed by atoms with Crippen LogP contribution in [-0.2, 0) is 0 Å². The van der Waals surface area contributed by atoms with Crippen molar-refractivity contribution in [3.63, 3.8) is 0 Å². The van der Waals surface area contributed by atoms with Crippen molar-refractivity contribution in [1.29, 1.82) is 0 Å². The van der Waals surface area contributed by atoms with Crippen LogP contribution in [-0.4, -0.2) is 22.8 Å². The first kappa shape index (κ1) is 16.1. The molecule has 1 unspecified atom stereocenters.